The van der Waals surface area contributed by atoms with Crippen molar-refractivity contribution in [1.82, 2.24) is 9.55 Å². The van der Waals surface area contributed by atoms with E-state index >= 15 is 0 Å². The number of hydrogen-bond acceptors (Lipinski definition) is 2. The van der Waals surface area contributed by atoms with Crippen molar-refractivity contribution >= 4 is 41.3 Å². The minimum Gasteiger partial charge on any atom is -0.478 e. The number of imidazole rings is 1. The number of aromatic carboxylic acids is 1. The number of halogens is 5. The third-order valence-corrected chi connectivity index (χ3v) is 6.74. The first-order valence-corrected chi connectivity index (χ1v) is 12.7. The Bertz CT molecular complexity index is 1730. The molecule has 0 aliphatic heterocycles. The van der Waals surface area contributed by atoms with Gasteiger partial charge in [0, 0.05) is 22.5 Å². The molecule has 0 saturated carbocycles. The number of carbonyl (C=O) groups is 1. The van der Waals surface area contributed by atoms with Gasteiger partial charge in [-0.1, -0.05) is 65.7 Å². The molecule has 0 aliphatic carbocycles. The van der Waals surface area contributed by atoms with Crippen LogP contribution in [0.15, 0.2) is 97.2 Å². The van der Waals surface area contributed by atoms with Crippen molar-refractivity contribution in [3.63, 3.8) is 0 Å². The van der Waals surface area contributed by atoms with Crippen LogP contribution in [0.4, 0.5) is 13.2 Å². The predicted molar refractivity (Wildman–Crippen MR) is 152 cm³/mol. The van der Waals surface area contributed by atoms with E-state index in [1.807, 2.05) is 6.08 Å². The summed E-state index contributed by atoms with van der Waals surface area (Å²) in [5.41, 5.74) is 3.33. The number of rotatable bonds is 6. The molecule has 1 heterocycles. The van der Waals surface area contributed by atoms with Crippen molar-refractivity contribution in [3.8, 4) is 28.1 Å². The number of aromatic nitrogens is 2. The molecular formula is C31H19Cl2F3N2O2. The lowest BCUT2D eigenvalue weighted by Crippen LogP contribution is -2.04. The predicted octanol–water partition coefficient (Wildman–Crippen LogP) is 9.40. The van der Waals surface area contributed by atoms with Gasteiger partial charge >= 0.3 is 12.1 Å². The zero-order valence-electron chi connectivity index (χ0n) is 20.5. The third-order valence-electron chi connectivity index (χ3n) is 6.19. The summed E-state index contributed by atoms with van der Waals surface area (Å²) in [6.45, 7) is 0. The maximum atomic E-state index is 13.1. The molecule has 4 nitrogen and oxygen atoms in total. The molecule has 0 radical (unpaired) electrons. The molecule has 0 fully saturated rings. The molecule has 0 spiro atoms. The Hall–Kier alpha value is -4.33. The third kappa shape index (κ3) is 5.96. The molecule has 0 bridgehead atoms. The molecule has 0 atom stereocenters. The van der Waals surface area contributed by atoms with Gasteiger partial charge in [0.05, 0.1) is 21.8 Å². The quantitative estimate of drug-likeness (QED) is 0.218. The summed E-state index contributed by atoms with van der Waals surface area (Å²) in [6.07, 6.45) is 0.996. The molecule has 0 saturated heterocycles. The molecule has 1 N–H and O–H groups in total. The summed E-state index contributed by atoms with van der Waals surface area (Å²) < 4.78 is 41.1. The number of carboxylic acids is 1. The molecule has 5 aromatic rings. The fourth-order valence-corrected chi connectivity index (χ4v) is 4.65. The zero-order chi connectivity index (χ0) is 28.4. The molecule has 1 aromatic heterocycles. The van der Waals surface area contributed by atoms with E-state index in [9.17, 15) is 23.1 Å². The maximum absolute atomic E-state index is 13.1. The van der Waals surface area contributed by atoms with E-state index < -0.39 is 17.7 Å². The summed E-state index contributed by atoms with van der Waals surface area (Å²) in [5.74, 6) is -0.481. The number of nitrogens with zero attached hydrogens (tertiary/aromatic N) is 2. The molecule has 0 amide bonds. The van der Waals surface area contributed by atoms with Crippen LogP contribution in [0.3, 0.4) is 0 Å². The Morgan fingerprint density at radius 3 is 2.23 bits per heavy atom. The first kappa shape index (κ1) is 27.2. The molecule has 0 unspecified atom stereocenters. The molecule has 40 heavy (non-hydrogen) atoms. The minimum absolute atomic E-state index is 0.155. The average Bonchev–Trinajstić information content (AvgIpc) is 3.35. The van der Waals surface area contributed by atoms with Crippen LogP contribution in [0.2, 0.25) is 10.0 Å². The van der Waals surface area contributed by atoms with Crippen LogP contribution in [-0.2, 0) is 6.18 Å². The SMILES string of the molecule is O=C(O)c1ccc(-n2cc(-c3ccc(Cl)cc3Cl)nc2/C=C/c2ccc(-c3cccc(C(F)(F)F)c3)cc2)cc1. The Morgan fingerprint density at radius 1 is 0.850 bits per heavy atom. The maximum Gasteiger partial charge on any atom is 0.416 e. The number of alkyl halides is 3. The van der Waals surface area contributed by atoms with Crippen LogP contribution in [0.1, 0.15) is 27.3 Å². The summed E-state index contributed by atoms with van der Waals surface area (Å²) in [4.78, 5) is 16.0. The highest BCUT2D eigenvalue weighted by atomic mass is 35.5. The van der Waals surface area contributed by atoms with Crippen LogP contribution >= 0.6 is 23.2 Å². The first-order valence-electron chi connectivity index (χ1n) is 11.9. The second kappa shape index (κ2) is 11.0. The molecular weight excluding hydrogens is 560 g/mol. The van der Waals surface area contributed by atoms with Gasteiger partial charge in [-0.15, -0.1) is 0 Å². The molecule has 5 rings (SSSR count). The Morgan fingerprint density at radius 2 is 1.57 bits per heavy atom. The van der Waals surface area contributed by atoms with Gasteiger partial charge in [-0.05, 0) is 77.4 Å². The monoisotopic (exact) mass is 578 g/mol. The van der Waals surface area contributed by atoms with Crippen molar-refractivity contribution in [2.45, 2.75) is 6.18 Å². The summed E-state index contributed by atoms with van der Waals surface area (Å²) in [5, 5.41) is 10.2. The lowest BCUT2D eigenvalue weighted by atomic mass is 10.0. The van der Waals surface area contributed by atoms with Crippen molar-refractivity contribution in [2.24, 2.45) is 0 Å². The molecule has 0 aliphatic rings. The first-order chi connectivity index (χ1) is 19.1. The Balaban J connectivity index is 1.48. The standard InChI is InChI=1S/C31H19Cl2F3N2O2/c32-24-11-14-26(27(33)17-24)28-18-38(25-12-9-21(10-13-25)30(39)40)29(37-28)15-6-19-4-7-20(8-5-19)22-2-1-3-23(16-22)31(34,35)36/h1-18H,(H,39,40)/b15-6+. The van der Waals surface area contributed by atoms with E-state index in [0.717, 1.165) is 17.7 Å². The Labute approximate surface area is 237 Å². The average molecular weight is 579 g/mol. The van der Waals surface area contributed by atoms with Crippen LogP contribution in [0.25, 0.3) is 40.2 Å². The van der Waals surface area contributed by atoms with E-state index in [-0.39, 0.29) is 5.56 Å². The highest BCUT2D eigenvalue weighted by Gasteiger charge is 2.30. The summed E-state index contributed by atoms with van der Waals surface area (Å²) >= 11 is 12.5. The van der Waals surface area contributed by atoms with Gasteiger partial charge in [-0.3, -0.25) is 4.57 Å². The van der Waals surface area contributed by atoms with Gasteiger partial charge in [-0.2, -0.15) is 13.2 Å². The number of hydrogen-bond donors (Lipinski definition) is 1. The Kier molecular flexibility index (Phi) is 7.52. The second-order valence-corrected chi connectivity index (χ2v) is 9.71. The molecule has 9 heteroatoms. The summed E-state index contributed by atoms with van der Waals surface area (Å²) in [7, 11) is 0. The zero-order valence-corrected chi connectivity index (χ0v) is 22.0. The van der Waals surface area contributed by atoms with Gasteiger partial charge in [-0.25, -0.2) is 9.78 Å². The molecule has 4 aromatic carbocycles. The number of carboxylic acid groups (broad SMARTS) is 1. The van der Waals surface area contributed by atoms with Gasteiger partial charge in [0.2, 0.25) is 0 Å². The van der Waals surface area contributed by atoms with Crippen molar-refractivity contribution < 1.29 is 23.1 Å². The van der Waals surface area contributed by atoms with Crippen LogP contribution in [0, 0.1) is 0 Å². The minimum atomic E-state index is -4.41. The van der Waals surface area contributed by atoms with E-state index in [1.165, 1.54) is 18.2 Å². The van der Waals surface area contributed by atoms with Crippen LogP contribution < -0.4 is 0 Å². The van der Waals surface area contributed by atoms with Gasteiger partial charge < -0.3 is 5.11 Å². The van der Waals surface area contributed by atoms with Crippen molar-refractivity contribution in [2.75, 3.05) is 0 Å². The van der Waals surface area contributed by atoms with E-state index in [4.69, 9.17) is 28.2 Å². The fourth-order valence-electron chi connectivity index (χ4n) is 4.14. The lowest BCUT2D eigenvalue weighted by Gasteiger charge is -2.09. The van der Waals surface area contributed by atoms with Gasteiger partial charge in [0.15, 0.2) is 0 Å². The van der Waals surface area contributed by atoms with E-state index in [0.29, 0.717) is 43.9 Å². The second-order valence-electron chi connectivity index (χ2n) is 8.86. The van der Waals surface area contributed by atoms with Crippen molar-refractivity contribution in [3.05, 3.63) is 130 Å². The highest BCUT2D eigenvalue weighted by Crippen LogP contribution is 2.33. The van der Waals surface area contributed by atoms with Crippen LogP contribution in [-0.4, -0.2) is 20.6 Å². The normalized spacial score (nSPS) is 11.7. The lowest BCUT2D eigenvalue weighted by molar-refractivity contribution is -0.137. The van der Waals surface area contributed by atoms with Crippen molar-refractivity contribution in [1.29, 1.82) is 0 Å². The smallest absolute Gasteiger partial charge is 0.416 e. The summed E-state index contributed by atoms with van der Waals surface area (Å²) in [6, 6.07) is 23.8. The topological polar surface area (TPSA) is 55.1 Å². The highest BCUT2D eigenvalue weighted by molar-refractivity contribution is 6.36. The van der Waals surface area contributed by atoms with E-state index in [1.54, 1.807) is 77.5 Å². The van der Waals surface area contributed by atoms with E-state index in [2.05, 4.69) is 0 Å². The fraction of sp³-hybridized carbons (Fsp3) is 0.0323. The largest absolute Gasteiger partial charge is 0.478 e. The number of benzene rings is 4. The van der Waals surface area contributed by atoms with Gasteiger partial charge in [0.25, 0.3) is 0 Å². The van der Waals surface area contributed by atoms with Gasteiger partial charge in [0.1, 0.15) is 5.82 Å². The molecule has 200 valence electrons. The van der Waals surface area contributed by atoms with Crippen LogP contribution in [0.5, 0.6) is 0 Å².